The van der Waals surface area contributed by atoms with Gasteiger partial charge in [-0.25, -0.2) is 9.59 Å². The number of benzene rings is 1. The summed E-state index contributed by atoms with van der Waals surface area (Å²) < 4.78 is 11.4. The largest absolute Gasteiger partial charge is 0.465 e. The predicted octanol–water partition coefficient (Wildman–Crippen LogP) is 3.41. The first-order valence-electron chi connectivity index (χ1n) is 11.9. The van der Waals surface area contributed by atoms with Gasteiger partial charge in [-0.3, -0.25) is 0 Å². The minimum absolute atomic E-state index is 0.0485. The van der Waals surface area contributed by atoms with Crippen molar-refractivity contribution in [1.29, 1.82) is 0 Å². The summed E-state index contributed by atoms with van der Waals surface area (Å²) in [7, 11) is 3.66. The molecule has 192 valence electrons. The summed E-state index contributed by atoms with van der Waals surface area (Å²) in [6, 6.07) is 5.54. The van der Waals surface area contributed by atoms with E-state index in [9.17, 15) is 9.59 Å². The monoisotopic (exact) mass is 498 g/mol. The lowest BCUT2D eigenvalue weighted by molar-refractivity contribution is 0.0437. The summed E-state index contributed by atoms with van der Waals surface area (Å²) in [6.07, 6.45) is 2.12. The lowest BCUT2D eigenvalue weighted by Gasteiger charge is -2.29. The van der Waals surface area contributed by atoms with Crippen LogP contribution >= 0.6 is 11.6 Å². The molecule has 9 nitrogen and oxygen atoms in total. The lowest BCUT2D eigenvalue weighted by Crippen LogP contribution is -2.48. The highest BCUT2D eigenvalue weighted by Crippen LogP contribution is 2.27. The Morgan fingerprint density at radius 3 is 2.74 bits per heavy atom. The van der Waals surface area contributed by atoms with Gasteiger partial charge < -0.3 is 35.4 Å². The Hall–Kier alpha value is -2.07. The average Bonchev–Trinajstić information content (AvgIpc) is 2.80. The normalized spacial score (nSPS) is 16.0. The van der Waals surface area contributed by atoms with Crippen molar-refractivity contribution in [3.63, 3.8) is 0 Å². The summed E-state index contributed by atoms with van der Waals surface area (Å²) >= 11 is 6.21. The number of likely N-dealkylation sites (N-methyl/N-ethyl adjacent to an activating group) is 1. The van der Waals surface area contributed by atoms with Crippen molar-refractivity contribution in [1.82, 2.24) is 20.9 Å². The summed E-state index contributed by atoms with van der Waals surface area (Å²) in [5.74, 6) is 0.556. The first kappa shape index (κ1) is 28.2. The third-order valence-electron chi connectivity index (χ3n) is 6.10. The Labute approximate surface area is 207 Å². The molecule has 3 amide bonds. The van der Waals surface area contributed by atoms with E-state index >= 15 is 0 Å². The molecule has 4 N–H and O–H groups in total. The Morgan fingerprint density at radius 2 is 2.06 bits per heavy atom. The molecular formula is C24H39ClN4O5. The number of halogens is 1. The van der Waals surface area contributed by atoms with Crippen LogP contribution < -0.4 is 16.0 Å². The Bertz CT molecular complexity index is 776. The minimum Gasteiger partial charge on any atom is -0.465 e. The third kappa shape index (κ3) is 10.0. The van der Waals surface area contributed by atoms with Gasteiger partial charge in [-0.05, 0) is 68.8 Å². The maximum absolute atomic E-state index is 12.9. The molecule has 2 rings (SSSR count). The van der Waals surface area contributed by atoms with Crippen molar-refractivity contribution < 1.29 is 24.2 Å². The van der Waals surface area contributed by atoms with Crippen molar-refractivity contribution >= 4 is 23.7 Å². The average molecular weight is 499 g/mol. The molecule has 0 bridgehead atoms. The lowest BCUT2D eigenvalue weighted by atomic mass is 9.92. The van der Waals surface area contributed by atoms with Crippen LogP contribution in [-0.2, 0) is 9.47 Å². The van der Waals surface area contributed by atoms with Gasteiger partial charge in [0.2, 0.25) is 0 Å². The zero-order valence-electron chi connectivity index (χ0n) is 20.4. The molecule has 0 spiro atoms. The molecule has 1 aromatic rings. The van der Waals surface area contributed by atoms with Crippen LogP contribution in [0, 0.1) is 12.8 Å². The van der Waals surface area contributed by atoms with E-state index in [1.54, 1.807) is 11.9 Å². The fraction of sp³-hybridized carbons (Fsp3) is 0.667. The van der Waals surface area contributed by atoms with Crippen molar-refractivity contribution in [3.05, 3.63) is 34.3 Å². The van der Waals surface area contributed by atoms with Gasteiger partial charge >= 0.3 is 12.1 Å². The SMILES string of the molecule is CNC[C@H](CC1CCOCC1)NC(=O)N(C)CC[C@@H](OCCNC(=O)O)c1cc(Cl)ccc1C. The van der Waals surface area contributed by atoms with Gasteiger partial charge in [0.05, 0.1) is 12.7 Å². The molecule has 1 aliphatic heterocycles. The molecule has 0 aliphatic carbocycles. The van der Waals surface area contributed by atoms with E-state index in [2.05, 4.69) is 16.0 Å². The molecule has 1 aromatic carbocycles. The first-order valence-corrected chi connectivity index (χ1v) is 12.3. The number of hydrogen-bond donors (Lipinski definition) is 4. The van der Waals surface area contributed by atoms with Crippen LogP contribution in [-0.4, -0.2) is 81.7 Å². The molecule has 34 heavy (non-hydrogen) atoms. The molecule has 0 radical (unpaired) electrons. The van der Waals surface area contributed by atoms with Crippen molar-refractivity contribution in [2.75, 3.05) is 53.6 Å². The minimum atomic E-state index is -1.09. The molecule has 1 fully saturated rings. The number of urea groups is 1. The number of carboxylic acid groups (broad SMARTS) is 1. The second-order valence-electron chi connectivity index (χ2n) is 8.80. The summed E-state index contributed by atoms with van der Waals surface area (Å²) in [5.41, 5.74) is 1.96. The van der Waals surface area contributed by atoms with Crippen LogP contribution in [0.2, 0.25) is 5.02 Å². The number of carbonyl (C=O) groups is 2. The Balaban J connectivity index is 1.94. The van der Waals surface area contributed by atoms with Gasteiger partial charge in [-0.15, -0.1) is 0 Å². The number of hydrogen-bond acceptors (Lipinski definition) is 5. The number of rotatable bonds is 13. The second-order valence-corrected chi connectivity index (χ2v) is 9.23. The van der Waals surface area contributed by atoms with Crippen LogP contribution in [0.25, 0.3) is 0 Å². The number of nitrogens with zero attached hydrogens (tertiary/aromatic N) is 1. The second kappa shape index (κ2) is 15.0. The fourth-order valence-corrected chi connectivity index (χ4v) is 4.35. The standard InChI is InChI=1S/C24H39ClN4O5/c1-17-4-5-19(25)15-21(17)22(34-13-9-27-24(31)32)6-10-29(3)23(30)28-20(16-26-2)14-18-7-11-33-12-8-18/h4-5,15,18,20,22,26-27H,6-14,16H2,1-3H3,(H,28,30)(H,31,32)/t20-,22+/m0/s1. The van der Waals surface area contributed by atoms with Gasteiger partial charge in [0.1, 0.15) is 0 Å². The number of amides is 3. The van der Waals surface area contributed by atoms with Crippen molar-refractivity contribution in [3.8, 4) is 0 Å². The number of carbonyl (C=O) groups excluding carboxylic acids is 1. The van der Waals surface area contributed by atoms with E-state index in [0.717, 1.165) is 43.6 Å². The highest BCUT2D eigenvalue weighted by molar-refractivity contribution is 6.30. The van der Waals surface area contributed by atoms with Crippen LogP contribution in [0.3, 0.4) is 0 Å². The predicted molar refractivity (Wildman–Crippen MR) is 133 cm³/mol. The highest BCUT2D eigenvalue weighted by atomic mass is 35.5. The van der Waals surface area contributed by atoms with Gasteiger partial charge in [0.25, 0.3) is 0 Å². The van der Waals surface area contributed by atoms with E-state index in [4.69, 9.17) is 26.2 Å². The quantitative estimate of drug-likeness (QED) is 0.310. The number of aryl methyl sites for hydroxylation is 1. The fourth-order valence-electron chi connectivity index (χ4n) is 4.17. The molecule has 1 heterocycles. The van der Waals surface area contributed by atoms with E-state index in [0.29, 0.717) is 30.5 Å². The molecule has 0 aromatic heterocycles. The van der Waals surface area contributed by atoms with E-state index < -0.39 is 6.09 Å². The Morgan fingerprint density at radius 1 is 1.32 bits per heavy atom. The zero-order chi connectivity index (χ0) is 24.9. The van der Waals surface area contributed by atoms with Gasteiger partial charge in [0.15, 0.2) is 0 Å². The van der Waals surface area contributed by atoms with Crippen LogP contribution in [0.4, 0.5) is 9.59 Å². The first-order chi connectivity index (χ1) is 16.3. The maximum Gasteiger partial charge on any atom is 0.404 e. The van der Waals surface area contributed by atoms with E-state index in [-0.39, 0.29) is 31.3 Å². The van der Waals surface area contributed by atoms with Crippen LogP contribution in [0.1, 0.15) is 42.9 Å². The van der Waals surface area contributed by atoms with E-state index in [1.807, 2.05) is 32.2 Å². The third-order valence-corrected chi connectivity index (χ3v) is 6.33. The van der Waals surface area contributed by atoms with Gasteiger partial charge in [0, 0.05) is 51.0 Å². The van der Waals surface area contributed by atoms with Crippen LogP contribution in [0.15, 0.2) is 18.2 Å². The van der Waals surface area contributed by atoms with E-state index in [1.165, 1.54) is 0 Å². The molecule has 0 saturated carbocycles. The van der Waals surface area contributed by atoms with Crippen molar-refractivity contribution in [2.24, 2.45) is 5.92 Å². The van der Waals surface area contributed by atoms with Gasteiger partial charge in [-0.1, -0.05) is 17.7 Å². The number of nitrogens with one attached hydrogen (secondary N) is 3. The van der Waals surface area contributed by atoms with Crippen molar-refractivity contribution in [2.45, 2.75) is 44.8 Å². The number of ether oxygens (including phenoxy) is 2. The molecule has 1 saturated heterocycles. The topological polar surface area (TPSA) is 112 Å². The maximum atomic E-state index is 12.9. The zero-order valence-corrected chi connectivity index (χ0v) is 21.2. The molecule has 1 aliphatic rings. The summed E-state index contributed by atoms with van der Waals surface area (Å²) in [4.78, 5) is 25.3. The highest BCUT2D eigenvalue weighted by Gasteiger charge is 2.23. The molecular weight excluding hydrogens is 460 g/mol. The van der Waals surface area contributed by atoms with Crippen LogP contribution in [0.5, 0.6) is 0 Å². The smallest absolute Gasteiger partial charge is 0.404 e. The van der Waals surface area contributed by atoms with Gasteiger partial charge in [-0.2, -0.15) is 0 Å². The Kier molecular flexibility index (Phi) is 12.5. The molecule has 10 heteroatoms. The molecule has 2 atom stereocenters. The molecule has 0 unspecified atom stereocenters. The summed E-state index contributed by atoms with van der Waals surface area (Å²) in [6.45, 7) is 5.13. The summed E-state index contributed by atoms with van der Waals surface area (Å²) in [5, 5.41) is 18.0.